The van der Waals surface area contributed by atoms with E-state index in [4.69, 9.17) is 4.74 Å². The largest absolute Gasteiger partial charge is 0.444 e. The van der Waals surface area contributed by atoms with Crippen LogP contribution in [0.3, 0.4) is 0 Å². The molecule has 0 saturated carbocycles. The van der Waals surface area contributed by atoms with E-state index in [9.17, 15) is 4.79 Å². The molecule has 1 N–H and O–H groups in total. The first-order valence-corrected chi connectivity index (χ1v) is 6.56. The first-order chi connectivity index (χ1) is 8.83. The quantitative estimate of drug-likeness (QED) is 0.887. The smallest absolute Gasteiger partial charge is 0.410 e. The van der Waals surface area contributed by atoms with Gasteiger partial charge in [0, 0.05) is 32.4 Å². The Morgan fingerprint density at radius 2 is 2.26 bits per heavy atom. The van der Waals surface area contributed by atoms with E-state index >= 15 is 0 Å². The highest BCUT2D eigenvalue weighted by atomic mass is 16.6. The predicted molar refractivity (Wildman–Crippen MR) is 73.0 cm³/mol. The number of carbonyl (C=O) groups is 1. The maximum atomic E-state index is 11.9. The molecule has 1 aliphatic rings. The summed E-state index contributed by atoms with van der Waals surface area (Å²) in [5, 5.41) is 7.49. The molecule has 6 nitrogen and oxygen atoms in total. The molecule has 0 aliphatic carbocycles. The van der Waals surface area contributed by atoms with E-state index in [-0.39, 0.29) is 12.1 Å². The second kappa shape index (κ2) is 5.11. The molecule has 0 aromatic carbocycles. The molecule has 1 amide bonds. The van der Waals surface area contributed by atoms with Crippen molar-refractivity contribution >= 4 is 11.8 Å². The number of nitrogens with zero attached hydrogens (tertiary/aromatic N) is 3. The molecule has 2 rings (SSSR count). The van der Waals surface area contributed by atoms with E-state index < -0.39 is 5.60 Å². The third-order valence-corrected chi connectivity index (χ3v) is 2.92. The Morgan fingerprint density at radius 1 is 1.53 bits per heavy atom. The molecule has 0 unspecified atom stereocenters. The Hall–Kier alpha value is -1.72. The number of aryl methyl sites for hydroxylation is 1. The molecule has 0 spiro atoms. The third-order valence-electron chi connectivity index (χ3n) is 2.92. The highest BCUT2D eigenvalue weighted by Gasteiger charge is 2.29. The van der Waals surface area contributed by atoms with Gasteiger partial charge in [0.2, 0.25) is 0 Å². The Morgan fingerprint density at radius 3 is 2.84 bits per heavy atom. The highest BCUT2D eigenvalue weighted by molar-refractivity contribution is 5.68. The summed E-state index contributed by atoms with van der Waals surface area (Å²) in [6.45, 7) is 7.04. The van der Waals surface area contributed by atoms with Gasteiger partial charge in [0.15, 0.2) is 0 Å². The van der Waals surface area contributed by atoms with Crippen molar-refractivity contribution in [2.45, 2.75) is 38.8 Å². The van der Waals surface area contributed by atoms with Crippen molar-refractivity contribution in [3.8, 4) is 0 Å². The fraction of sp³-hybridized carbons (Fsp3) is 0.692. The maximum absolute atomic E-state index is 11.9. The van der Waals surface area contributed by atoms with Crippen LogP contribution in [0.15, 0.2) is 12.4 Å². The van der Waals surface area contributed by atoms with Crippen molar-refractivity contribution in [2.24, 2.45) is 7.05 Å². The molecule has 1 saturated heterocycles. The molecule has 1 aromatic rings. The zero-order valence-corrected chi connectivity index (χ0v) is 12.0. The topological polar surface area (TPSA) is 59.4 Å². The van der Waals surface area contributed by atoms with Gasteiger partial charge in [-0.1, -0.05) is 0 Å². The van der Waals surface area contributed by atoms with Gasteiger partial charge in [-0.15, -0.1) is 0 Å². The van der Waals surface area contributed by atoms with Crippen LogP contribution in [0.2, 0.25) is 0 Å². The second-order valence-corrected chi connectivity index (χ2v) is 5.96. The fourth-order valence-corrected chi connectivity index (χ4v) is 2.10. The number of nitrogens with one attached hydrogen (secondary N) is 1. The van der Waals surface area contributed by atoms with Crippen LogP contribution in [0.1, 0.15) is 27.2 Å². The van der Waals surface area contributed by atoms with Crippen LogP contribution in [0, 0.1) is 0 Å². The normalized spacial score (nSPS) is 19.6. The number of hydrogen-bond acceptors (Lipinski definition) is 4. The molecule has 1 atom stereocenters. The van der Waals surface area contributed by atoms with Crippen molar-refractivity contribution < 1.29 is 9.53 Å². The minimum absolute atomic E-state index is 0.233. The van der Waals surface area contributed by atoms with Crippen LogP contribution in [-0.2, 0) is 11.8 Å². The van der Waals surface area contributed by atoms with Gasteiger partial charge < -0.3 is 15.0 Å². The number of ether oxygens (including phenoxy) is 1. The van der Waals surface area contributed by atoms with E-state index in [1.807, 2.05) is 34.0 Å². The molecule has 1 aromatic heterocycles. The standard InChI is InChI=1S/C13H22N4O2/c1-13(2,3)19-12(18)17-6-5-10(9-17)15-11-7-14-16(4)8-11/h7-8,10,15H,5-6,9H2,1-4H3/t10-/m0/s1. The SMILES string of the molecule is Cn1cc(N[C@H]2CCN(C(=O)OC(C)(C)C)C2)cn1. The van der Waals surface area contributed by atoms with E-state index in [1.54, 1.807) is 15.8 Å². The summed E-state index contributed by atoms with van der Waals surface area (Å²) in [6, 6.07) is 0.261. The van der Waals surface area contributed by atoms with Crippen LogP contribution in [0.5, 0.6) is 0 Å². The van der Waals surface area contributed by atoms with Crippen LogP contribution in [-0.4, -0.2) is 45.5 Å². The van der Waals surface area contributed by atoms with E-state index in [0.717, 1.165) is 18.7 Å². The minimum atomic E-state index is -0.439. The summed E-state index contributed by atoms with van der Waals surface area (Å²) >= 11 is 0. The maximum Gasteiger partial charge on any atom is 0.410 e. The first-order valence-electron chi connectivity index (χ1n) is 6.56. The number of rotatable bonds is 2. The molecule has 1 fully saturated rings. The minimum Gasteiger partial charge on any atom is -0.444 e. The number of amides is 1. The van der Waals surface area contributed by atoms with Crippen molar-refractivity contribution in [3.63, 3.8) is 0 Å². The lowest BCUT2D eigenvalue weighted by Gasteiger charge is -2.24. The van der Waals surface area contributed by atoms with Gasteiger partial charge in [-0.25, -0.2) is 4.79 Å². The summed E-state index contributed by atoms with van der Waals surface area (Å²) in [4.78, 5) is 13.7. The van der Waals surface area contributed by atoms with Crippen molar-refractivity contribution in [1.82, 2.24) is 14.7 Å². The zero-order valence-electron chi connectivity index (χ0n) is 12.0. The Kier molecular flexibility index (Phi) is 3.68. The van der Waals surface area contributed by atoms with Crippen LogP contribution in [0.25, 0.3) is 0 Å². The van der Waals surface area contributed by atoms with Gasteiger partial charge in [0.25, 0.3) is 0 Å². The van der Waals surface area contributed by atoms with Crippen LogP contribution < -0.4 is 5.32 Å². The molecule has 0 bridgehead atoms. The molecule has 0 radical (unpaired) electrons. The van der Waals surface area contributed by atoms with E-state index in [1.165, 1.54) is 0 Å². The monoisotopic (exact) mass is 266 g/mol. The number of carbonyl (C=O) groups excluding carboxylic acids is 1. The number of hydrogen-bond donors (Lipinski definition) is 1. The third kappa shape index (κ3) is 3.87. The van der Waals surface area contributed by atoms with Crippen molar-refractivity contribution in [3.05, 3.63) is 12.4 Å². The second-order valence-electron chi connectivity index (χ2n) is 5.96. The average molecular weight is 266 g/mol. The Balaban J connectivity index is 1.84. The predicted octanol–water partition coefficient (Wildman–Crippen LogP) is 1.84. The van der Waals surface area contributed by atoms with Gasteiger partial charge in [0.1, 0.15) is 5.60 Å². The molecule has 1 aliphatic heterocycles. The number of anilines is 1. The molecule has 2 heterocycles. The fourth-order valence-electron chi connectivity index (χ4n) is 2.10. The summed E-state index contributed by atoms with van der Waals surface area (Å²) in [7, 11) is 1.88. The Bertz CT molecular complexity index is 450. The Labute approximate surface area is 113 Å². The summed E-state index contributed by atoms with van der Waals surface area (Å²) in [6.07, 6.45) is 4.41. The number of likely N-dealkylation sites (tertiary alicyclic amines) is 1. The van der Waals surface area contributed by atoms with E-state index in [0.29, 0.717) is 6.54 Å². The average Bonchev–Trinajstić information content (AvgIpc) is 2.86. The molecular formula is C13H22N4O2. The molecule has 6 heteroatoms. The summed E-state index contributed by atoms with van der Waals surface area (Å²) in [5.74, 6) is 0. The van der Waals surface area contributed by atoms with E-state index in [2.05, 4.69) is 10.4 Å². The van der Waals surface area contributed by atoms with Gasteiger partial charge in [-0.2, -0.15) is 5.10 Å². The summed E-state index contributed by atoms with van der Waals surface area (Å²) in [5.41, 5.74) is 0.546. The zero-order chi connectivity index (χ0) is 14.0. The molecule has 19 heavy (non-hydrogen) atoms. The van der Waals surface area contributed by atoms with Gasteiger partial charge in [0.05, 0.1) is 11.9 Å². The summed E-state index contributed by atoms with van der Waals surface area (Å²) < 4.78 is 7.12. The van der Waals surface area contributed by atoms with Crippen LogP contribution in [0.4, 0.5) is 10.5 Å². The van der Waals surface area contributed by atoms with Gasteiger partial charge in [-0.3, -0.25) is 4.68 Å². The molecular weight excluding hydrogens is 244 g/mol. The lowest BCUT2D eigenvalue weighted by molar-refractivity contribution is 0.0293. The first kappa shape index (κ1) is 13.7. The molecule has 106 valence electrons. The van der Waals surface area contributed by atoms with Crippen molar-refractivity contribution in [1.29, 1.82) is 0 Å². The number of aromatic nitrogens is 2. The van der Waals surface area contributed by atoms with Gasteiger partial charge >= 0.3 is 6.09 Å². The van der Waals surface area contributed by atoms with Gasteiger partial charge in [-0.05, 0) is 27.2 Å². The van der Waals surface area contributed by atoms with Crippen molar-refractivity contribution in [2.75, 3.05) is 18.4 Å². The highest BCUT2D eigenvalue weighted by Crippen LogP contribution is 2.18. The van der Waals surface area contributed by atoms with Crippen LogP contribution >= 0.6 is 0 Å². The lowest BCUT2D eigenvalue weighted by atomic mass is 10.2. The lowest BCUT2D eigenvalue weighted by Crippen LogP contribution is -2.36.